The molecule has 4 nitrogen and oxygen atoms in total. The third-order valence-corrected chi connectivity index (χ3v) is 1.66. The molecule has 1 aromatic rings. The molecule has 0 fully saturated rings. The maximum absolute atomic E-state index is 11.2. The molecule has 15 heavy (non-hydrogen) atoms. The lowest BCUT2D eigenvalue weighted by molar-refractivity contribution is -0.135. The van der Waals surface area contributed by atoms with Crippen LogP contribution >= 0.6 is 0 Å². The molecule has 0 saturated carbocycles. The van der Waals surface area contributed by atoms with Crippen molar-refractivity contribution in [1.82, 2.24) is 0 Å². The quantitative estimate of drug-likeness (QED) is 0.432. The van der Waals surface area contributed by atoms with Gasteiger partial charge in [-0.2, -0.15) is 0 Å². The van der Waals surface area contributed by atoms with Crippen LogP contribution < -0.4 is 4.74 Å². The number of carbonyl (C=O) groups is 1. The molecule has 0 unspecified atom stereocenters. The first-order chi connectivity index (χ1) is 7.33. The number of hydrogen-bond donors (Lipinski definition) is 1. The average Bonchev–Trinajstić information content (AvgIpc) is 2.26. The first-order valence-corrected chi connectivity index (χ1v) is 4.77. The van der Waals surface area contributed by atoms with Gasteiger partial charge in [-0.3, -0.25) is 4.79 Å². The fourth-order valence-corrected chi connectivity index (χ4v) is 0.993. The molecule has 82 valence electrons. The van der Waals surface area contributed by atoms with E-state index < -0.39 is 0 Å². The summed E-state index contributed by atoms with van der Waals surface area (Å²) >= 11 is 0. The third-order valence-electron chi connectivity index (χ3n) is 1.66. The zero-order chi connectivity index (χ0) is 10.9. The smallest absolute Gasteiger partial charge is 0.313 e. The lowest BCUT2D eigenvalue weighted by atomic mass is 10.3. The third kappa shape index (κ3) is 5.15. The van der Waals surface area contributed by atoms with Crippen molar-refractivity contribution in [2.24, 2.45) is 0 Å². The van der Waals surface area contributed by atoms with E-state index in [1.165, 1.54) is 0 Å². The van der Waals surface area contributed by atoms with Gasteiger partial charge in [-0.1, -0.05) is 18.2 Å². The number of benzene rings is 1. The minimum absolute atomic E-state index is 0.0340. The van der Waals surface area contributed by atoms with Crippen molar-refractivity contribution in [3.63, 3.8) is 0 Å². The molecule has 1 N–H and O–H groups in total. The number of carbonyl (C=O) groups excluding carboxylic acids is 1. The van der Waals surface area contributed by atoms with Crippen molar-refractivity contribution in [2.45, 2.75) is 6.42 Å². The molecular weight excluding hydrogens is 196 g/mol. The molecule has 1 rings (SSSR count). The largest absolute Gasteiger partial charge is 0.426 e. The fraction of sp³-hybridized carbons (Fsp3) is 0.364. The van der Waals surface area contributed by atoms with Gasteiger partial charge < -0.3 is 14.6 Å². The molecule has 0 aliphatic heterocycles. The van der Waals surface area contributed by atoms with Gasteiger partial charge in [0, 0.05) is 0 Å². The van der Waals surface area contributed by atoms with Gasteiger partial charge in [-0.25, -0.2) is 0 Å². The molecule has 0 radical (unpaired) electrons. The van der Waals surface area contributed by atoms with Crippen molar-refractivity contribution in [3.05, 3.63) is 30.3 Å². The maximum Gasteiger partial charge on any atom is 0.313 e. The molecule has 0 bridgehead atoms. The van der Waals surface area contributed by atoms with Crippen molar-refractivity contribution < 1.29 is 19.4 Å². The second-order valence-electron chi connectivity index (χ2n) is 2.87. The van der Waals surface area contributed by atoms with E-state index in [0.29, 0.717) is 5.75 Å². The minimum Gasteiger partial charge on any atom is -0.426 e. The maximum atomic E-state index is 11.2. The number of ether oxygens (including phenoxy) is 2. The molecule has 0 heterocycles. The van der Waals surface area contributed by atoms with Gasteiger partial charge in [0.1, 0.15) is 5.75 Å². The zero-order valence-electron chi connectivity index (χ0n) is 8.39. The molecule has 0 amide bonds. The molecule has 1 aromatic carbocycles. The van der Waals surface area contributed by atoms with Crippen molar-refractivity contribution in [2.75, 3.05) is 19.8 Å². The summed E-state index contributed by atoms with van der Waals surface area (Å²) in [6.45, 7) is 0.485. The lowest BCUT2D eigenvalue weighted by Gasteiger charge is -2.04. The van der Waals surface area contributed by atoms with Gasteiger partial charge in [0.05, 0.1) is 26.2 Å². The Morgan fingerprint density at radius 1 is 1.20 bits per heavy atom. The summed E-state index contributed by atoms with van der Waals surface area (Å²) in [6, 6.07) is 8.87. The normalized spacial score (nSPS) is 9.93. The highest BCUT2D eigenvalue weighted by molar-refractivity contribution is 5.72. The highest BCUT2D eigenvalue weighted by atomic mass is 16.5. The first kappa shape index (κ1) is 11.7. The van der Waals surface area contributed by atoms with Crippen LogP contribution in [0.4, 0.5) is 0 Å². The Morgan fingerprint density at radius 2 is 1.93 bits per heavy atom. The molecule has 0 aliphatic carbocycles. The second-order valence-corrected chi connectivity index (χ2v) is 2.87. The average molecular weight is 210 g/mol. The highest BCUT2D eigenvalue weighted by Gasteiger charge is 2.03. The van der Waals surface area contributed by atoms with Crippen LogP contribution in [0.25, 0.3) is 0 Å². The van der Waals surface area contributed by atoms with Crippen LogP contribution in [0.5, 0.6) is 5.75 Å². The minimum atomic E-state index is -0.334. The fourth-order valence-electron chi connectivity index (χ4n) is 0.993. The summed E-state index contributed by atoms with van der Waals surface area (Å²) in [4.78, 5) is 11.2. The van der Waals surface area contributed by atoms with Crippen LogP contribution in [-0.4, -0.2) is 30.9 Å². The van der Waals surface area contributed by atoms with Crippen molar-refractivity contribution in [1.29, 1.82) is 0 Å². The monoisotopic (exact) mass is 210 g/mol. The summed E-state index contributed by atoms with van der Waals surface area (Å²) in [7, 11) is 0. The summed E-state index contributed by atoms with van der Waals surface area (Å²) in [5.74, 6) is 0.198. The Labute approximate surface area is 88.4 Å². The highest BCUT2D eigenvalue weighted by Crippen LogP contribution is 2.08. The van der Waals surface area contributed by atoms with Crippen molar-refractivity contribution >= 4 is 5.97 Å². The Bertz CT molecular complexity index is 284. The number of aliphatic hydroxyl groups is 1. The van der Waals surface area contributed by atoms with Crippen LogP contribution in [0.15, 0.2) is 30.3 Å². The van der Waals surface area contributed by atoms with Crippen LogP contribution in [0, 0.1) is 0 Å². The number of esters is 1. The standard InChI is InChI=1S/C11H14O4/c12-7-9-14-8-6-11(13)15-10-4-2-1-3-5-10/h1-5,12H,6-9H2. The molecule has 0 spiro atoms. The molecular formula is C11H14O4. The van der Waals surface area contributed by atoms with E-state index in [4.69, 9.17) is 14.6 Å². The van der Waals surface area contributed by atoms with Crippen LogP contribution in [0.1, 0.15) is 6.42 Å². The van der Waals surface area contributed by atoms with Crippen LogP contribution in [-0.2, 0) is 9.53 Å². The molecule has 0 atom stereocenters. The van der Waals surface area contributed by atoms with E-state index in [2.05, 4.69) is 0 Å². The molecule has 0 saturated heterocycles. The Kier molecular flexibility index (Phi) is 5.43. The molecule has 0 aliphatic rings. The summed E-state index contributed by atoms with van der Waals surface area (Å²) in [6.07, 6.45) is 0.189. The van der Waals surface area contributed by atoms with Gasteiger partial charge in [-0.05, 0) is 12.1 Å². The Balaban J connectivity index is 2.19. The Morgan fingerprint density at radius 3 is 2.60 bits per heavy atom. The second kappa shape index (κ2) is 6.98. The summed E-state index contributed by atoms with van der Waals surface area (Å²) < 4.78 is 9.95. The van der Waals surface area contributed by atoms with Gasteiger partial charge in [0.2, 0.25) is 0 Å². The lowest BCUT2D eigenvalue weighted by Crippen LogP contribution is -2.12. The van der Waals surface area contributed by atoms with E-state index in [1.807, 2.05) is 6.07 Å². The SMILES string of the molecule is O=C(CCOCCO)Oc1ccccc1. The summed E-state index contributed by atoms with van der Waals surface area (Å²) in [5.41, 5.74) is 0. The predicted molar refractivity (Wildman–Crippen MR) is 54.6 cm³/mol. The van der Waals surface area contributed by atoms with Crippen LogP contribution in [0.2, 0.25) is 0 Å². The van der Waals surface area contributed by atoms with E-state index in [0.717, 1.165) is 0 Å². The van der Waals surface area contributed by atoms with Crippen molar-refractivity contribution in [3.8, 4) is 5.75 Å². The first-order valence-electron chi connectivity index (χ1n) is 4.77. The molecule has 4 heteroatoms. The number of aliphatic hydroxyl groups excluding tert-OH is 1. The topological polar surface area (TPSA) is 55.8 Å². The number of hydrogen-bond acceptors (Lipinski definition) is 4. The van der Waals surface area contributed by atoms with Gasteiger partial charge in [0.15, 0.2) is 0 Å². The van der Waals surface area contributed by atoms with E-state index >= 15 is 0 Å². The van der Waals surface area contributed by atoms with Gasteiger partial charge in [-0.15, -0.1) is 0 Å². The zero-order valence-corrected chi connectivity index (χ0v) is 8.39. The van der Waals surface area contributed by atoms with E-state index in [1.54, 1.807) is 24.3 Å². The van der Waals surface area contributed by atoms with Crippen LogP contribution in [0.3, 0.4) is 0 Å². The van der Waals surface area contributed by atoms with E-state index in [-0.39, 0.29) is 32.2 Å². The van der Waals surface area contributed by atoms with Gasteiger partial charge >= 0.3 is 5.97 Å². The predicted octanol–water partition coefficient (Wildman–Crippen LogP) is 0.991. The molecule has 0 aromatic heterocycles. The van der Waals surface area contributed by atoms with Gasteiger partial charge in [0.25, 0.3) is 0 Å². The van der Waals surface area contributed by atoms with E-state index in [9.17, 15) is 4.79 Å². The Hall–Kier alpha value is -1.39. The summed E-state index contributed by atoms with van der Waals surface area (Å²) in [5, 5.41) is 8.43. The number of rotatable bonds is 6. The number of para-hydroxylation sites is 1.